The van der Waals surface area contributed by atoms with E-state index in [0.717, 1.165) is 53.8 Å². The Balaban J connectivity index is 1.85. The summed E-state index contributed by atoms with van der Waals surface area (Å²) in [5, 5.41) is 10.4. The average molecular weight is 283 g/mol. The van der Waals surface area contributed by atoms with Gasteiger partial charge in [0, 0.05) is 25.1 Å². The molecule has 1 saturated heterocycles. The number of hydrogen-bond acceptors (Lipinski definition) is 5. The van der Waals surface area contributed by atoms with Gasteiger partial charge in [-0.2, -0.15) is 0 Å². The molecule has 2 aromatic heterocycles. The fraction of sp³-hybridized carbons (Fsp3) is 0.375. The molecule has 5 nitrogen and oxygen atoms in total. The summed E-state index contributed by atoms with van der Waals surface area (Å²) in [4.78, 5) is 11.0. The summed E-state index contributed by atoms with van der Waals surface area (Å²) >= 11 is 0. The molecule has 0 aliphatic carbocycles. The van der Waals surface area contributed by atoms with E-state index < -0.39 is 0 Å². The fourth-order valence-corrected chi connectivity index (χ4v) is 3.14. The van der Waals surface area contributed by atoms with Crippen LogP contribution in [0.25, 0.3) is 22.1 Å². The number of aliphatic hydroxyl groups is 1. The van der Waals surface area contributed by atoms with E-state index in [1.165, 1.54) is 0 Å². The van der Waals surface area contributed by atoms with Gasteiger partial charge in [-0.1, -0.05) is 12.1 Å². The van der Waals surface area contributed by atoms with Crippen LogP contribution in [0.1, 0.15) is 12.8 Å². The summed E-state index contributed by atoms with van der Waals surface area (Å²) in [5.41, 5.74) is 2.45. The first-order valence-corrected chi connectivity index (χ1v) is 7.35. The highest BCUT2D eigenvalue weighted by Gasteiger charge is 2.24. The van der Waals surface area contributed by atoms with Gasteiger partial charge in [0.1, 0.15) is 17.4 Å². The third kappa shape index (κ3) is 2.05. The molecule has 1 atom stereocenters. The highest BCUT2D eigenvalue weighted by molar-refractivity contribution is 6.05. The van der Waals surface area contributed by atoms with Crippen LogP contribution in [0.4, 0.5) is 5.82 Å². The summed E-state index contributed by atoms with van der Waals surface area (Å²) in [6.07, 6.45) is 3.74. The third-order valence-electron chi connectivity index (χ3n) is 4.22. The van der Waals surface area contributed by atoms with Crippen molar-refractivity contribution in [2.24, 2.45) is 5.92 Å². The van der Waals surface area contributed by atoms with E-state index in [2.05, 4.69) is 14.9 Å². The van der Waals surface area contributed by atoms with Crippen LogP contribution in [0.3, 0.4) is 0 Å². The standard InChI is InChI=1S/C16H17N3O2/c20-9-11-4-3-7-19(8-11)16-15-14(17-10-18-16)12-5-1-2-6-13(12)21-15/h1-2,5-6,10-11,20H,3-4,7-9H2. The fourth-order valence-electron chi connectivity index (χ4n) is 3.14. The lowest BCUT2D eigenvalue weighted by Crippen LogP contribution is -2.37. The molecule has 4 rings (SSSR count). The second kappa shape index (κ2) is 5.00. The number of rotatable bonds is 2. The summed E-state index contributed by atoms with van der Waals surface area (Å²) in [7, 11) is 0. The van der Waals surface area contributed by atoms with Crippen molar-refractivity contribution in [2.75, 3.05) is 24.6 Å². The van der Waals surface area contributed by atoms with Crippen molar-refractivity contribution in [2.45, 2.75) is 12.8 Å². The zero-order valence-corrected chi connectivity index (χ0v) is 11.7. The Morgan fingerprint density at radius 2 is 2.19 bits per heavy atom. The lowest BCUT2D eigenvalue weighted by Gasteiger charge is -2.32. The minimum absolute atomic E-state index is 0.227. The lowest BCUT2D eigenvalue weighted by molar-refractivity contribution is 0.208. The van der Waals surface area contributed by atoms with E-state index in [1.807, 2.05) is 24.3 Å². The molecular weight excluding hydrogens is 266 g/mol. The smallest absolute Gasteiger partial charge is 0.196 e. The maximum Gasteiger partial charge on any atom is 0.196 e. The van der Waals surface area contributed by atoms with E-state index in [4.69, 9.17) is 4.42 Å². The van der Waals surface area contributed by atoms with E-state index in [1.54, 1.807) is 6.33 Å². The molecule has 1 aliphatic rings. The number of hydrogen-bond donors (Lipinski definition) is 1. The molecule has 3 heterocycles. The van der Waals surface area contributed by atoms with E-state index in [9.17, 15) is 5.11 Å². The first-order valence-electron chi connectivity index (χ1n) is 7.35. The first-order chi connectivity index (χ1) is 10.4. The highest BCUT2D eigenvalue weighted by atomic mass is 16.3. The second-order valence-corrected chi connectivity index (χ2v) is 5.61. The molecule has 0 bridgehead atoms. The SMILES string of the molecule is OCC1CCCN(c2ncnc3c2oc2ccccc23)C1. The van der Waals surface area contributed by atoms with Crippen LogP contribution in [0.2, 0.25) is 0 Å². The van der Waals surface area contributed by atoms with Crippen molar-refractivity contribution in [3.63, 3.8) is 0 Å². The first kappa shape index (κ1) is 12.6. The number of aromatic nitrogens is 2. The number of nitrogens with zero attached hydrogens (tertiary/aromatic N) is 3. The Bertz CT molecular complexity index is 783. The van der Waals surface area contributed by atoms with E-state index in [-0.39, 0.29) is 6.61 Å². The maximum absolute atomic E-state index is 9.40. The molecule has 0 amide bonds. The van der Waals surface area contributed by atoms with Gasteiger partial charge in [-0.05, 0) is 30.9 Å². The Morgan fingerprint density at radius 1 is 1.29 bits per heavy atom. The van der Waals surface area contributed by atoms with Crippen molar-refractivity contribution >= 4 is 27.9 Å². The van der Waals surface area contributed by atoms with Crippen LogP contribution in [0.15, 0.2) is 35.0 Å². The van der Waals surface area contributed by atoms with Gasteiger partial charge >= 0.3 is 0 Å². The average Bonchev–Trinajstić information content (AvgIpc) is 2.93. The Hall–Kier alpha value is -2.14. The van der Waals surface area contributed by atoms with Crippen LogP contribution in [0, 0.1) is 5.92 Å². The van der Waals surface area contributed by atoms with Crippen LogP contribution in [-0.2, 0) is 0 Å². The number of aliphatic hydroxyl groups excluding tert-OH is 1. The van der Waals surface area contributed by atoms with Crippen molar-refractivity contribution in [1.82, 2.24) is 9.97 Å². The third-order valence-corrected chi connectivity index (χ3v) is 4.22. The van der Waals surface area contributed by atoms with Crippen LogP contribution >= 0.6 is 0 Å². The van der Waals surface area contributed by atoms with Crippen molar-refractivity contribution in [1.29, 1.82) is 0 Å². The molecule has 1 N–H and O–H groups in total. The molecular formula is C16H17N3O2. The van der Waals surface area contributed by atoms with Gasteiger partial charge in [-0.25, -0.2) is 9.97 Å². The van der Waals surface area contributed by atoms with Gasteiger partial charge in [0.2, 0.25) is 0 Å². The van der Waals surface area contributed by atoms with Gasteiger partial charge in [0.05, 0.1) is 0 Å². The topological polar surface area (TPSA) is 62.4 Å². The van der Waals surface area contributed by atoms with E-state index >= 15 is 0 Å². The van der Waals surface area contributed by atoms with Crippen LogP contribution < -0.4 is 4.90 Å². The minimum Gasteiger partial charge on any atom is -0.450 e. The monoisotopic (exact) mass is 283 g/mol. The summed E-state index contributed by atoms with van der Waals surface area (Å²) in [6.45, 7) is 1.99. The molecule has 21 heavy (non-hydrogen) atoms. The Labute approximate surface area is 122 Å². The molecule has 5 heteroatoms. The second-order valence-electron chi connectivity index (χ2n) is 5.61. The summed E-state index contributed by atoms with van der Waals surface area (Å²) in [6, 6.07) is 7.92. The predicted molar refractivity (Wildman–Crippen MR) is 81.3 cm³/mol. The molecule has 1 fully saturated rings. The van der Waals surface area contributed by atoms with Crippen molar-refractivity contribution < 1.29 is 9.52 Å². The normalized spacial score (nSPS) is 19.5. The van der Waals surface area contributed by atoms with Crippen LogP contribution in [0.5, 0.6) is 0 Å². The van der Waals surface area contributed by atoms with Crippen LogP contribution in [-0.4, -0.2) is 34.8 Å². The Morgan fingerprint density at radius 3 is 3.10 bits per heavy atom. The number of piperidine rings is 1. The molecule has 3 aromatic rings. The molecule has 1 unspecified atom stereocenters. The van der Waals surface area contributed by atoms with Gasteiger partial charge < -0.3 is 14.4 Å². The van der Waals surface area contributed by atoms with Crippen molar-refractivity contribution in [3.8, 4) is 0 Å². The molecule has 1 aliphatic heterocycles. The summed E-state index contributed by atoms with van der Waals surface area (Å²) in [5.74, 6) is 1.16. The largest absolute Gasteiger partial charge is 0.450 e. The quantitative estimate of drug-likeness (QED) is 0.783. The van der Waals surface area contributed by atoms with Gasteiger partial charge in [0.15, 0.2) is 11.4 Å². The van der Waals surface area contributed by atoms with Gasteiger partial charge in [-0.15, -0.1) is 0 Å². The van der Waals surface area contributed by atoms with Gasteiger partial charge in [0.25, 0.3) is 0 Å². The Kier molecular flexibility index (Phi) is 3.00. The lowest BCUT2D eigenvalue weighted by atomic mass is 9.99. The number of benzene rings is 1. The number of anilines is 1. The maximum atomic E-state index is 9.40. The molecule has 1 aromatic carbocycles. The molecule has 0 spiro atoms. The van der Waals surface area contributed by atoms with E-state index in [0.29, 0.717) is 5.92 Å². The molecule has 0 saturated carbocycles. The molecule has 0 radical (unpaired) electrons. The molecule has 108 valence electrons. The minimum atomic E-state index is 0.227. The number of para-hydroxylation sites is 1. The highest BCUT2D eigenvalue weighted by Crippen LogP contribution is 2.33. The number of furan rings is 1. The number of fused-ring (bicyclic) bond motifs is 3. The zero-order chi connectivity index (χ0) is 14.2. The van der Waals surface area contributed by atoms with Gasteiger partial charge in [-0.3, -0.25) is 0 Å². The zero-order valence-electron chi connectivity index (χ0n) is 11.7. The summed E-state index contributed by atoms with van der Waals surface area (Å²) < 4.78 is 5.98. The van der Waals surface area contributed by atoms with Crippen molar-refractivity contribution in [3.05, 3.63) is 30.6 Å². The predicted octanol–water partition coefficient (Wildman–Crippen LogP) is 2.58.